The molecule has 0 aromatic heterocycles. The van der Waals surface area contributed by atoms with E-state index in [2.05, 4.69) is 54.8 Å². The Morgan fingerprint density at radius 3 is 2.28 bits per heavy atom. The van der Waals surface area contributed by atoms with E-state index in [1.807, 2.05) is 0 Å². The maximum Gasteiger partial charge on any atom is 0.312 e. The predicted molar refractivity (Wildman–Crippen MR) is 102 cm³/mol. The van der Waals surface area contributed by atoms with Crippen LogP contribution in [0.3, 0.4) is 0 Å². The van der Waals surface area contributed by atoms with Gasteiger partial charge in [-0.3, -0.25) is 9.69 Å². The van der Waals surface area contributed by atoms with Crippen LogP contribution in [0.1, 0.15) is 45.1 Å². The summed E-state index contributed by atoms with van der Waals surface area (Å²) in [6.45, 7) is 11.7. The van der Waals surface area contributed by atoms with Crippen LogP contribution in [0.25, 0.3) is 0 Å². The number of benzene rings is 1. The molecule has 0 unspecified atom stereocenters. The van der Waals surface area contributed by atoms with Crippen LogP contribution in [0.5, 0.6) is 0 Å². The number of hydrogen-bond donors (Lipinski definition) is 0. The quantitative estimate of drug-likeness (QED) is 0.738. The summed E-state index contributed by atoms with van der Waals surface area (Å²) in [6, 6.07) is 8.81. The fourth-order valence-electron chi connectivity index (χ4n) is 4.14. The highest BCUT2D eigenvalue weighted by molar-refractivity contribution is 5.78. The van der Waals surface area contributed by atoms with Gasteiger partial charge < -0.3 is 9.64 Å². The Kier molecular flexibility index (Phi) is 5.67. The number of rotatable bonds is 6. The van der Waals surface area contributed by atoms with Gasteiger partial charge in [-0.25, -0.2) is 0 Å². The third-order valence-electron chi connectivity index (χ3n) is 6.22. The first-order valence-electron chi connectivity index (χ1n) is 9.81. The summed E-state index contributed by atoms with van der Waals surface area (Å²) in [6.07, 6.45) is 3.78. The normalized spacial score (nSPS) is 23.7. The SMILES string of the molecule is CCC1(CC)C[C@@H](CCN2CCN(c3ccc(C)cc3)CC2)OC1=O. The fraction of sp³-hybridized carbons (Fsp3) is 0.667. The van der Waals surface area contributed by atoms with E-state index < -0.39 is 0 Å². The molecule has 1 aromatic carbocycles. The maximum absolute atomic E-state index is 12.2. The molecule has 0 bridgehead atoms. The van der Waals surface area contributed by atoms with E-state index in [9.17, 15) is 4.79 Å². The highest BCUT2D eigenvalue weighted by Crippen LogP contribution is 2.41. The number of ether oxygens (including phenoxy) is 1. The average Bonchev–Trinajstić information content (AvgIpc) is 2.97. The van der Waals surface area contributed by atoms with Gasteiger partial charge in [-0.2, -0.15) is 0 Å². The molecule has 2 saturated heterocycles. The van der Waals surface area contributed by atoms with E-state index in [4.69, 9.17) is 4.74 Å². The number of hydrogen-bond acceptors (Lipinski definition) is 4. The number of aryl methyl sites for hydroxylation is 1. The van der Waals surface area contributed by atoms with E-state index in [-0.39, 0.29) is 17.5 Å². The van der Waals surface area contributed by atoms with Gasteiger partial charge in [0, 0.05) is 44.8 Å². The van der Waals surface area contributed by atoms with Gasteiger partial charge in [0.25, 0.3) is 0 Å². The lowest BCUT2D eigenvalue weighted by molar-refractivity contribution is -0.149. The molecule has 0 saturated carbocycles. The minimum absolute atomic E-state index is 0.0340. The topological polar surface area (TPSA) is 32.8 Å². The summed E-state index contributed by atoms with van der Waals surface area (Å²) < 4.78 is 5.68. The van der Waals surface area contributed by atoms with Crippen LogP contribution in [0.15, 0.2) is 24.3 Å². The Balaban J connectivity index is 1.44. The summed E-state index contributed by atoms with van der Waals surface area (Å²) in [4.78, 5) is 17.2. The largest absolute Gasteiger partial charge is 0.462 e. The smallest absolute Gasteiger partial charge is 0.312 e. The van der Waals surface area contributed by atoms with Crippen molar-refractivity contribution in [3.8, 4) is 0 Å². The van der Waals surface area contributed by atoms with E-state index in [1.54, 1.807) is 0 Å². The first-order valence-corrected chi connectivity index (χ1v) is 9.81. The number of esters is 1. The zero-order valence-corrected chi connectivity index (χ0v) is 16.0. The molecule has 1 atom stereocenters. The minimum Gasteiger partial charge on any atom is -0.462 e. The predicted octanol–water partition coefficient (Wildman–Crippen LogP) is 3.63. The summed E-state index contributed by atoms with van der Waals surface area (Å²) in [7, 11) is 0. The average molecular weight is 344 g/mol. The molecule has 2 aliphatic rings. The monoisotopic (exact) mass is 344 g/mol. The number of carbonyl (C=O) groups is 1. The van der Waals surface area contributed by atoms with Gasteiger partial charge in [0.1, 0.15) is 6.10 Å². The van der Waals surface area contributed by atoms with Gasteiger partial charge in [0.2, 0.25) is 0 Å². The molecule has 0 N–H and O–H groups in total. The Morgan fingerprint density at radius 2 is 1.72 bits per heavy atom. The van der Waals surface area contributed by atoms with Crippen LogP contribution >= 0.6 is 0 Å². The Labute approximate surface area is 152 Å². The van der Waals surface area contributed by atoms with Crippen molar-refractivity contribution in [2.45, 2.75) is 52.6 Å². The maximum atomic E-state index is 12.2. The van der Waals surface area contributed by atoms with E-state index in [0.717, 1.165) is 58.4 Å². The van der Waals surface area contributed by atoms with Crippen molar-refractivity contribution in [2.24, 2.45) is 5.41 Å². The van der Waals surface area contributed by atoms with Gasteiger partial charge in [0.15, 0.2) is 0 Å². The van der Waals surface area contributed by atoms with Crippen molar-refractivity contribution in [2.75, 3.05) is 37.6 Å². The van der Waals surface area contributed by atoms with Crippen LogP contribution in [0.4, 0.5) is 5.69 Å². The van der Waals surface area contributed by atoms with Crippen molar-refractivity contribution < 1.29 is 9.53 Å². The van der Waals surface area contributed by atoms with Gasteiger partial charge >= 0.3 is 5.97 Å². The molecule has 2 heterocycles. The molecule has 2 fully saturated rings. The highest BCUT2D eigenvalue weighted by Gasteiger charge is 2.46. The van der Waals surface area contributed by atoms with Crippen LogP contribution in [0, 0.1) is 12.3 Å². The van der Waals surface area contributed by atoms with Crippen molar-refractivity contribution in [1.82, 2.24) is 4.90 Å². The molecule has 0 spiro atoms. The molecule has 25 heavy (non-hydrogen) atoms. The zero-order valence-electron chi connectivity index (χ0n) is 16.0. The standard InChI is InChI=1S/C21H32N2O2/c1-4-21(5-2)16-19(25-20(21)24)10-11-22-12-14-23(15-13-22)18-8-6-17(3)7-9-18/h6-9,19H,4-5,10-16H2,1-3H3/t19-/m1/s1. The van der Waals surface area contributed by atoms with Crippen molar-refractivity contribution in [3.05, 3.63) is 29.8 Å². The van der Waals surface area contributed by atoms with E-state index >= 15 is 0 Å². The Hall–Kier alpha value is -1.55. The van der Waals surface area contributed by atoms with Crippen molar-refractivity contribution in [3.63, 3.8) is 0 Å². The lowest BCUT2D eigenvalue weighted by Crippen LogP contribution is -2.47. The van der Waals surface area contributed by atoms with E-state index in [0.29, 0.717) is 0 Å². The second-order valence-corrected chi connectivity index (χ2v) is 7.67. The number of cyclic esters (lactones) is 1. The molecule has 0 aliphatic carbocycles. The molecular weight excluding hydrogens is 312 g/mol. The second kappa shape index (κ2) is 7.77. The zero-order chi connectivity index (χ0) is 17.9. The summed E-state index contributed by atoms with van der Waals surface area (Å²) in [5.41, 5.74) is 2.42. The number of nitrogens with zero attached hydrogens (tertiary/aromatic N) is 2. The molecule has 2 aliphatic heterocycles. The van der Waals surface area contributed by atoms with Gasteiger partial charge in [-0.1, -0.05) is 31.5 Å². The number of anilines is 1. The number of piperazine rings is 1. The minimum atomic E-state index is -0.213. The molecule has 1 aromatic rings. The molecule has 0 radical (unpaired) electrons. The summed E-state index contributed by atoms with van der Waals surface area (Å²) in [5, 5.41) is 0. The van der Waals surface area contributed by atoms with Gasteiger partial charge in [-0.05, 0) is 38.3 Å². The molecule has 3 rings (SSSR count). The molecule has 4 nitrogen and oxygen atoms in total. The first kappa shape index (κ1) is 18.2. The van der Waals surface area contributed by atoms with Crippen LogP contribution in [0.2, 0.25) is 0 Å². The van der Waals surface area contributed by atoms with Gasteiger partial charge in [0.05, 0.1) is 5.41 Å². The molecule has 4 heteroatoms. The van der Waals surface area contributed by atoms with Gasteiger partial charge in [-0.15, -0.1) is 0 Å². The number of carbonyl (C=O) groups excluding carboxylic acids is 1. The van der Waals surface area contributed by atoms with E-state index in [1.165, 1.54) is 11.3 Å². The van der Waals surface area contributed by atoms with Crippen molar-refractivity contribution in [1.29, 1.82) is 0 Å². The van der Waals surface area contributed by atoms with Crippen LogP contribution in [-0.4, -0.2) is 49.7 Å². The second-order valence-electron chi connectivity index (χ2n) is 7.67. The third kappa shape index (κ3) is 4.00. The summed E-state index contributed by atoms with van der Waals surface area (Å²) in [5.74, 6) is 0.0340. The fourth-order valence-corrected chi connectivity index (χ4v) is 4.14. The lowest BCUT2D eigenvalue weighted by Gasteiger charge is -2.36. The third-order valence-corrected chi connectivity index (χ3v) is 6.22. The molecule has 138 valence electrons. The van der Waals surface area contributed by atoms with Crippen molar-refractivity contribution >= 4 is 11.7 Å². The highest BCUT2D eigenvalue weighted by atomic mass is 16.6. The Bertz CT molecular complexity index is 572. The molecule has 0 amide bonds. The first-order chi connectivity index (χ1) is 12.1. The molecular formula is C21H32N2O2. The Morgan fingerprint density at radius 1 is 1.08 bits per heavy atom. The summed E-state index contributed by atoms with van der Waals surface area (Å²) >= 11 is 0. The lowest BCUT2D eigenvalue weighted by atomic mass is 9.79. The van der Waals surface area contributed by atoms with Crippen LogP contribution in [-0.2, 0) is 9.53 Å². The van der Waals surface area contributed by atoms with Crippen LogP contribution < -0.4 is 4.90 Å².